The van der Waals surface area contributed by atoms with Crippen LogP contribution in [0.4, 0.5) is 5.69 Å². The van der Waals surface area contributed by atoms with Gasteiger partial charge < -0.3 is 21.5 Å². The minimum absolute atomic E-state index is 0.176. The standard InChI is InChI=1S/C16H26N6O/c1-5-21(6-2)10-11-9-12(7-8-13(11)23)22-15(18)19-14(17)20-16(22,3)4/h7-9,23H,5-6,10H2,1-4H3,(H4,17,18,19,20)/p+1. The second-order valence-electron chi connectivity index (χ2n) is 6.22. The van der Waals surface area contributed by atoms with Gasteiger partial charge in [-0.3, -0.25) is 4.90 Å². The Morgan fingerprint density at radius 3 is 2.43 bits per heavy atom. The van der Waals surface area contributed by atoms with Crippen LogP contribution in [0.25, 0.3) is 0 Å². The first-order chi connectivity index (χ1) is 10.8. The Morgan fingerprint density at radius 1 is 1.22 bits per heavy atom. The van der Waals surface area contributed by atoms with E-state index in [1.54, 1.807) is 6.07 Å². The molecule has 0 radical (unpaired) electrons. The number of guanidine groups is 2. The lowest BCUT2D eigenvalue weighted by Gasteiger charge is -2.38. The molecule has 0 aliphatic carbocycles. The second-order valence-corrected chi connectivity index (χ2v) is 6.22. The Bertz CT molecular complexity index is 633. The highest BCUT2D eigenvalue weighted by Crippen LogP contribution is 2.30. The van der Waals surface area contributed by atoms with E-state index < -0.39 is 5.66 Å². The van der Waals surface area contributed by atoms with Crippen molar-refractivity contribution < 1.29 is 10.0 Å². The van der Waals surface area contributed by atoms with Crippen LogP contribution in [0, 0.1) is 0 Å². The van der Waals surface area contributed by atoms with Gasteiger partial charge in [0.05, 0.1) is 18.7 Å². The van der Waals surface area contributed by atoms with Crippen LogP contribution in [0.15, 0.2) is 28.2 Å². The second kappa shape index (κ2) is 6.45. The predicted octanol–water partition coefficient (Wildman–Crippen LogP) is 0.00240. The topological polar surface area (TPSA) is 105 Å². The summed E-state index contributed by atoms with van der Waals surface area (Å²) in [5, 5.41) is 10.2. The summed E-state index contributed by atoms with van der Waals surface area (Å²) in [6.45, 7) is 10.9. The fraction of sp³-hybridized carbons (Fsp3) is 0.500. The van der Waals surface area contributed by atoms with Gasteiger partial charge in [-0.25, -0.2) is 4.99 Å². The minimum atomic E-state index is -0.633. The molecule has 6 N–H and O–H groups in total. The molecule has 0 bridgehead atoms. The summed E-state index contributed by atoms with van der Waals surface area (Å²) in [7, 11) is 0. The van der Waals surface area contributed by atoms with Crippen LogP contribution < -0.4 is 21.3 Å². The molecule has 7 heteroatoms. The SMILES string of the molecule is CC[NH+](CC)Cc1cc(N2C(N)=NC(N)=NC2(C)C)ccc1O. The van der Waals surface area contributed by atoms with Gasteiger partial charge in [0.1, 0.15) is 18.0 Å². The molecule has 0 fully saturated rings. The number of nitrogens with one attached hydrogen (secondary N) is 1. The van der Waals surface area contributed by atoms with Crippen molar-refractivity contribution in [2.24, 2.45) is 21.5 Å². The van der Waals surface area contributed by atoms with Crippen LogP contribution in [0.1, 0.15) is 33.3 Å². The fourth-order valence-corrected chi connectivity index (χ4v) is 2.87. The number of benzene rings is 1. The first kappa shape index (κ1) is 17.1. The predicted molar refractivity (Wildman–Crippen MR) is 93.7 cm³/mol. The molecule has 0 unspecified atom stereocenters. The third kappa shape index (κ3) is 3.56. The van der Waals surface area contributed by atoms with E-state index in [0.717, 1.165) is 30.9 Å². The van der Waals surface area contributed by atoms with Gasteiger partial charge in [0, 0.05) is 5.69 Å². The number of phenolic OH excluding ortho intramolecular Hbond substituents is 1. The number of hydrogen-bond donors (Lipinski definition) is 4. The zero-order valence-corrected chi connectivity index (χ0v) is 14.3. The first-order valence-corrected chi connectivity index (χ1v) is 7.93. The monoisotopic (exact) mass is 319 g/mol. The first-order valence-electron chi connectivity index (χ1n) is 7.93. The van der Waals surface area contributed by atoms with E-state index in [-0.39, 0.29) is 5.96 Å². The Labute approximate surface area is 137 Å². The molecule has 2 rings (SSSR count). The summed E-state index contributed by atoms with van der Waals surface area (Å²) in [6, 6.07) is 5.46. The molecule has 1 heterocycles. The van der Waals surface area contributed by atoms with Gasteiger partial charge in [0.25, 0.3) is 0 Å². The molecule has 0 saturated heterocycles. The molecule has 126 valence electrons. The molecule has 1 aliphatic rings. The minimum Gasteiger partial charge on any atom is -0.507 e. The van der Waals surface area contributed by atoms with E-state index in [9.17, 15) is 5.11 Å². The highest BCUT2D eigenvalue weighted by Gasteiger charge is 2.33. The molecule has 23 heavy (non-hydrogen) atoms. The van der Waals surface area contributed by atoms with E-state index in [2.05, 4.69) is 23.8 Å². The average Bonchev–Trinajstić information content (AvgIpc) is 2.45. The third-order valence-corrected chi connectivity index (χ3v) is 4.16. The molecule has 0 saturated carbocycles. The van der Waals surface area contributed by atoms with Crippen LogP contribution in [0.5, 0.6) is 5.75 Å². The number of anilines is 1. The zero-order chi connectivity index (χ0) is 17.2. The van der Waals surface area contributed by atoms with Gasteiger partial charge >= 0.3 is 0 Å². The highest BCUT2D eigenvalue weighted by molar-refractivity contribution is 6.05. The maximum Gasteiger partial charge on any atom is 0.220 e. The Kier molecular flexibility index (Phi) is 4.79. The van der Waals surface area contributed by atoms with E-state index in [1.165, 1.54) is 4.90 Å². The Hall–Kier alpha value is -2.28. The number of quaternary nitrogens is 1. The summed E-state index contributed by atoms with van der Waals surface area (Å²) in [4.78, 5) is 11.6. The third-order valence-electron chi connectivity index (χ3n) is 4.16. The van der Waals surface area contributed by atoms with Gasteiger partial charge in [-0.15, -0.1) is 0 Å². The molecule has 0 amide bonds. The fourth-order valence-electron chi connectivity index (χ4n) is 2.87. The number of rotatable bonds is 5. The lowest BCUT2D eigenvalue weighted by atomic mass is 10.1. The number of aromatic hydroxyl groups is 1. The van der Waals surface area contributed by atoms with Gasteiger partial charge in [-0.05, 0) is 45.9 Å². The zero-order valence-electron chi connectivity index (χ0n) is 14.3. The lowest BCUT2D eigenvalue weighted by Crippen LogP contribution is -3.10. The molecule has 7 nitrogen and oxygen atoms in total. The summed E-state index contributed by atoms with van der Waals surface area (Å²) >= 11 is 0. The normalized spacial score (nSPS) is 17.2. The van der Waals surface area contributed by atoms with Crippen LogP contribution in [0.3, 0.4) is 0 Å². The van der Waals surface area contributed by atoms with Crippen molar-refractivity contribution >= 4 is 17.6 Å². The van der Waals surface area contributed by atoms with Crippen LogP contribution in [-0.2, 0) is 6.54 Å². The molecule has 1 aromatic carbocycles. The smallest absolute Gasteiger partial charge is 0.220 e. The van der Waals surface area contributed by atoms with Crippen molar-refractivity contribution in [3.63, 3.8) is 0 Å². The number of aliphatic imine (C=N–C) groups is 2. The molecule has 0 aromatic heterocycles. The van der Waals surface area contributed by atoms with Gasteiger partial charge in [0.15, 0.2) is 0 Å². The Balaban J connectivity index is 2.39. The molecule has 0 atom stereocenters. The van der Waals surface area contributed by atoms with E-state index >= 15 is 0 Å². The largest absolute Gasteiger partial charge is 0.507 e. The quantitative estimate of drug-likeness (QED) is 0.613. The summed E-state index contributed by atoms with van der Waals surface area (Å²) in [5.74, 6) is 0.770. The van der Waals surface area contributed by atoms with Crippen LogP contribution in [-0.4, -0.2) is 35.8 Å². The summed E-state index contributed by atoms with van der Waals surface area (Å²) < 4.78 is 0. The number of nitrogens with two attached hydrogens (primary N) is 2. The van der Waals surface area contributed by atoms with E-state index in [0.29, 0.717) is 11.7 Å². The number of nitrogens with zero attached hydrogens (tertiary/aromatic N) is 3. The summed E-state index contributed by atoms with van der Waals surface area (Å²) in [5.41, 5.74) is 12.9. The van der Waals surface area contributed by atoms with Gasteiger partial charge in [0.2, 0.25) is 11.9 Å². The van der Waals surface area contributed by atoms with Crippen molar-refractivity contribution in [2.45, 2.75) is 39.9 Å². The van der Waals surface area contributed by atoms with Crippen molar-refractivity contribution in [3.8, 4) is 5.75 Å². The average molecular weight is 319 g/mol. The lowest BCUT2D eigenvalue weighted by molar-refractivity contribution is -0.910. The molecule has 1 aromatic rings. The van der Waals surface area contributed by atoms with Crippen molar-refractivity contribution in [3.05, 3.63) is 23.8 Å². The maximum atomic E-state index is 10.2. The Morgan fingerprint density at radius 2 is 1.87 bits per heavy atom. The van der Waals surface area contributed by atoms with Crippen molar-refractivity contribution in [2.75, 3.05) is 18.0 Å². The van der Waals surface area contributed by atoms with Crippen molar-refractivity contribution in [1.82, 2.24) is 0 Å². The molecule has 1 aliphatic heterocycles. The molecular weight excluding hydrogens is 292 g/mol. The number of phenols is 1. The van der Waals surface area contributed by atoms with Crippen LogP contribution in [0.2, 0.25) is 0 Å². The maximum absolute atomic E-state index is 10.2. The summed E-state index contributed by atoms with van der Waals surface area (Å²) in [6.07, 6.45) is 0. The van der Waals surface area contributed by atoms with Crippen LogP contribution >= 0.6 is 0 Å². The van der Waals surface area contributed by atoms with E-state index in [4.69, 9.17) is 11.5 Å². The molecule has 0 spiro atoms. The van der Waals surface area contributed by atoms with Gasteiger partial charge in [-0.2, -0.15) is 4.99 Å². The van der Waals surface area contributed by atoms with E-state index in [1.807, 2.05) is 30.9 Å². The van der Waals surface area contributed by atoms with Crippen molar-refractivity contribution in [1.29, 1.82) is 0 Å². The molecular formula is C16H27N6O+. The number of hydrogen-bond acceptors (Lipinski definition) is 6. The van der Waals surface area contributed by atoms with Gasteiger partial charge in [-0.1, -0.05) is 0 Å². The highest BCUT2D eigenvalue weighted by atomic mass is 16.3.